The normalized spacial score (nSPS) is 10.9. The lowest BCUT2D eigenvalue weighted by Gasteiger charge is -2.22. The van der Waals surface area contributed by atoms with E-state index in [4.69, 9.17) is 0 Å². The Balaban J connectivity index is 2.25. The molecule has 0 saturated carbocycles. The predicted molar refractivity (Wildman–Crippen MR) is 93.7 cm³/mol. The molecule has 0 unspecified atom stereocenters. The predicted octanol–water partition coefficient (Wildman–Crippen LogP) is 2.29. The van der Waals surface area contributed by atoms with Crippen LogP contribution in [-0.4, -0.2) is 32.9 Å². The van der Waals surface area contributed by atoms with E-state index in [-0.39, 0.29) is 18.0 Å². The molecule has 1 amide bonds. The molecule has 0 saturated heterocycles. The smallest absolute Gasteiger partial charge is 0.245 e. The molecule has 1 N–H and O–H groups in total. The van der Waals surface area contributed by atoms with Crippen molar-refractivity contribution in [1.29, 1.82) is 0 Å². The number of carbonyl (C=O) groups excluding carboxylic acids is 2. The molecule has 2 rings (SSSR count). The molecule has 126 valence electrons. The van der Waals surface area contributed by atoms with E-state index in [9.17, 15) is 18.0 Å². The van der Waals surface area contributed by atoms with Gasteiger partial charge < -0.3 is 5.32 Å². The maximum atomic E-state index is 12.2. The molecule has 0 aromatic heterocycles. The van der Waals surface area contributed by atoms with Gasteiger partial charge in [0.05, 0.1) is 11.9 Å². The Bertz CT molecular complexity index is 848. The lowest BCUT2D eigenvalue weighted by molar-refractivity contribution is -0.114. The molecule has 0 aliphatic heterocycles. The molecule has 0 atom stereocenters. The van der Waals surface area contributed by atoms with Crippen molar-refractivity contribution in [1.82, 2.24) is 0 Å². The first-order valence-electron chi connectivity index (χ1n) is 7.21. The number of ketones is 1. The molecule has 0 heterocycles. The molecule has 2 aromatic carbocycles. The van der Waals surface area contributed by atoms with Crippen LogP contribution in [0.25, 0.3) is 0 Å². The molecular weight excluding hydrogens is 328 g/mol. The number of sulfonamides is 1. The Morgan fingerprint density at radius 1 is 1.04 bits per heavy atom. The van der Waals surface area contributed by atoms with Gasteiger partial charge in [-0.25, -0.2) is 8.42 Å². The largest absolute Gasteiger partial charge is 0.325 e. The van der Waals surface area contributed by atoms with Gasteiger partial charge in [0.1, 0.15) is 6.54 Å². The lowest BCUT2D eigenvalue weighted by Crippen LogP contribution is -2.37. The summed E-state index contributed by atoms with van der Waals surface area (Å²) in [6.07, 6.45) is 1.02. The Morgan fingerprint density at radius 3 is 2.29 bits per heavy atom. The van der Waals surface area contributed by atoms with Gasteiger partial charge in [-0.3, -0.25) is 13.9 Å². The Kier molecular flexibility index (Phi) is 5.35. The molecule has 0 aliphatic rings. The second-order valence-electron chi connectivity index (χ2n) is 5.29. The van der Waals surface area contributed by atoms with Gasteiger partial charge >= 0.3 is 0 Å². The highest BCUT2D eigenvalue weighted by molar-refractivity contribution is 7.92. The number of amides is 1. The number of nitrogens with one attached hydrogen (secondary N) is 1. The zero-order chi connectivity index (χ0) is 17.7. The highest BCUT2D eigenvalue weighted by Gasteiger charge is 2.21. The van der Waals surface area contributed by atoms with Crippen LogP contribution in [0.2, 0.25) is 0 Å². The number of para-hydroxylation sites is 1. The third kappa shape index (κ3) is 4.66. The fourth-order valence-electron chi connectivity index (χ4n) is 2.13. The molecule has 0 radical (unpaired) electrons. The van der Waals surface area contributed by atoms with Crippen molar-refractivity contribution in [2.45, 2.75) is 6.92 Å². The average molecular weight is 346 g/mol. The summed E-state index contributed by atoms with van der Waals surface area (Å²) in [5.74, 6) is -0.654. The van der Waals surface area contributed by atoms with Gasteiger partial charge in [-0.05, 0) is 31.2 Å². The Labute approximate surface area is 141 Å². The van der Waals surface area contributed by atoms with Crippen LogP contribution in [0, 0.1) is 0 Å². The molecule has 2 aromatic rings. The number of hydrogen-bond donors (Lipinski definition) is 1. The van der Waals surface area contributed by atoms with Crippen molar-refractivity contribution < 1.29 is 18.0 Å². The first kappa shape index (κ1) is 17.7. The number of carbonyl (C=O) groups is 2. The van der Waals surface area contributed by atoms with Crippen LogP contribution in [0.5, 0.6) is 0 Å². The average Bonchev–Trinajstić information content (AvgIpc) is 2.52. The summed E-state index contributed by atoms with van der Waals surface area (Å²) in [6.45, 7) is 1.01. The van der Waals surface area contributed by atoms with E-state index in [2.05, 4.69) is 5.32 Å². The quantitative estimate of drug-likeness (QED) is 0.814. The fraction of sp³-hybridized carbons (Fsp3) is 0.176. The maximum Gasteiger partial charge on any atom is 0.245 e. The minimum atomic E-state index is -3.69. The van der Waals surface area contributed by atoms with Crippen molar-refractivity contribution in [2.75, 3.05) is 22.4 Å². The van der Waals surface area contributed by atoms with E-state index in [1.165, 1.54) is 13.0 Å². The monoisotopic (exact) mass is 346 g/mol. The standard InChI is InChI=1S/C17H18N2O4S/c1-13(20)14-7-6-10-16(11-14)19(24(2,22)23)12-17(21)18-15-8-4-3-5-9-15/h3-11H,12H2,1-2H3,(H,18,21). The van der Waals surface area contributed by atoms with E-state index >= 15 is 0 Å². The molecular formula is C17H18N2O4S. The second-order valence-corrected chi connectivity index (χ2v) is 7.20. The highest BCUT2D eigenvalue weighted by atomic mass is 32.2. The van der Waals surface area contributed by atoms with Crippen molar-refractivity contribution >= 4 is 33.1 Å². The number of rotatable bonds is 6. The molecule has 0 fully saturated rings. The van der Waals surface area contributed by atoms with Crippen LogP contribution in [0.1, 0.15) is 17.3 Å². The van der Waals surface area contributed by atoms with Crippen molar-refractivity contribution in [3.63, 3.8) is 0 Å². The number of Topliss-reactive ketones (excluding diaryl/α,β-unsaturated/α-hetero) is 1. The third-order valence-corrected chi connectivity index (χ3v) is 4.43. The molecule has 0 bridgehead atoms. The summed E-state index contributed by atoms with van der Waals surface area (Å²) in [6, 6.07) is 14.9. The molecule has 7 heteroatoms. The molecule has 24 heavy (non-hydrogen) atoms. The van der Waals surface area contributed by atoms with Gasteiger partial charge in [0.25, 0.3) is 0 Å². The van der Waals surface area contributed by atoms with Crippen LogP contribution in [0.3, 0.4) is 0 Å². The van der Waals surface area contributed by atoms with Gasteiger partial charge in [0.15, 0.2) is 5.78 Å². The molecule has 0 aliphatic carbocycles. The Hall–Kier alpha value is -2.67. The zero-order valence-electron chi connectivity index (χ0n) is 13.4. The van der Waals surface area contributed by atoms with E-state index in [1.807, 2.05) is 6.07 Å². The second kappa shape index (κ2) is 7.27. The van der Waals surface area contributed by atoms with Crippen molar-refractivity contribution in [3.05, 3.63) is 60.2 Å². The highest BCUT2D eigenvalue weighted by Crippen LogP contribution is 2.19. The van der Waals surface area contributed by atoms with Crippen LogP contribution in [-0.2, 0) is 14.8 Å². The van der Waals surface area contributed by atoms with Gasteiger partial charge in [-0.15, -0.1) is 0 Å². The fourth-order valence-corrected chi connectivity index (χ4v) is 2.98. The van der Waals surface area contributed by atoms with Gasteiger partial charge in [0, 0.05) is 11.3 Å². The topological polar surface area (TPSA) is 83.6 Å². The first-order valence-corrected chi connectivity index (χ1v) is 9.06. The minimum absolute atomic E-state index is 0.181. The number of anilines is 2. The zero-order valence-corrected chi connectivity index (χ0v) is 14.2. The van der Waals surface area contributed by atoms with E-state index < -0.39 is 15.9 Å². The number of hydrogen-bond acceptors (Lipinski definition) is 4. The van der Waals surface area contributed by atoms with Crippen LogP contribution >= 0.6 is 0 Å². The lowest BCUT2D eigenvalue weighted by atomic mass is 10.1. The Morgan fingerprint density at radius 2 is 1.71 bits per heavy atom. The summed E-state index contributed by atoms with van der Waals surface area (Å²) in [4.78, 5) is 23.7. The first-order chi connectivity index (χ1) is 11.3. The minimum Gasteiger partial charge on any atom is -0.325 e. The summed E-state index contributed by atoms with van der Waals surface area (Å²) < 4.78 is 25.1. The van der Waals surface area contributed by atoms with Gasteiger partial charge in [0.2, 0.25) is 15.9 Å². The van der Waals surface area contributed by atoms with E-state index in [1.54, 1.807) is 42.5 Å². The number of nitrogens with zero attached hydrogens (tertiary/aromatic N) is 1. The molecule has 6 nitrogen and oxygen atoms in total. The number of benzene rings is 2. The summed E-state index contributed by atoms with van der Waals surface area (Å²) in [7, 11) is -3.69. The van der Waals surface area contributed by atoms with Crippen molar-refractivity contribution in [2.24, 2.45) is 0 Å². The van der Waals surface area contributed by atoms with E-state index in [0.717, 1.165) is 10.6 Å². The van der Waals surface area contributed by atoms with Crippen LogP contribution in [0.4, 0.5) is 11.4 Å². The molecule has 0 spiro atoms. The summed E-state index contributed by atoms with van der Waals surface area (Å²) in [5.41, 5.74) is 1.23. The maximum absolute atomic E-state index is 12.2. The van der Waals surface area contributed by atoms with E-state index in [0.29, 0.717) is 11.3 Å². The van der Waals surface area contributed by atoms with Crippen molar-refractivity contribution in [3.8, 4) is 0 Å². The SMILES string of the molecule is CC(=O)c1cccc(N(CC(=O)Nc2ccccc2)S(C)(=O)=O)c1. The summed E-state index contributed by atoms with van der Waals surface area (Å²) in [5, 5.41) is 2.64. The van der Waals surface area contributed by atoms with Crippen LogP contribution in [0.15, 0.2) is 54.6 Å². The van der Waals surface area contributed by atoms with Gasteiger partial charge in [-0.2, -0.15) is 0 Å². The third-order valence-electron chi connectivity index (χ3n) is 3.29. The van der Waals surface area contributed by atoms with Gasteiger partial charge in [-0.1, -0.05) is 30.3 Å². The summed E-state index contributed by atoms with van der Waals surface area (Å²) >= 11 is 0. The van der Waals surface area contributed by atoms with Crippen LogP contribution < -0.4 is 9.62 Å².